The highest BCUT2D eigenvalue weighted by Gasteiger charge is 2.26. The predicted octanol–water partition coefficient (Wildman–Crippen LogP) is 15.3. The molecular formula is C54H32. The van der Waals surface area contributed by atoms with Crippen LogP contribution in [0.1, 0.15) is 0 Å². The van der Waals surface area contributed by atoms with E-state index in [4.69, 9.17) is 0 Å². The molecule has 0 bridgehead atoms. The van der Waals surface area contributed by atoms with Crippen molar-refractivity contribution in [1.82, 2.24) is 0 Å². The van der Waals surface area contributed by atoms with E-state index in [1.54, 1.807) is 0 Å². The molecule has 0 saturated heterocycles. The molecule has 11 aromatic rings. The monoisotopic (exact) mass is 680 g/mol. The summed E-state index contributed by atoms with van der Waals surface area (Å²) in [5.41, 5.74) is 12.7. The molecule has 0 N–H and O–H groups in total. The maximum Gasteiger partial charge on any atom is -0.00199 e. The Balaban J connectivity index is 1.28. The minimum Gasteiger partial charge on any atom is -0.0622 e. The third-order valence-corrected chi connectivity index (χ3v) is 11.9. The van der Waals surface area contributed by atoms with Crippen LogP contribution in [0, 0.1) is 0 Å². The lowest BCUT2D eigenvalue weighted by Gasteiger charge is -2.21. The van der Waals surface area contributed by atoms with Crippen LogP contribution in [0.2, 0.25) is 0 Å². The average molecular weight is 681 g/mol. The van der Waals surface area contributed by atoms with Gasteiger partial charge in [0.15, 0.2) is 0 Å². The summed E-state index contributed by atoms with van der Waals surface area (Å²) in [6, 6.07) is 72.6. The first-order valence-corrected chi connectivity index (χ1v) is 18.8. The summed E-state index contributed by atoms with van der Waals surface area (Å²) in [6.45, 7) is 0. The fraction of sp³-hybridized carbons (Fsp3) is 0. The van der Waals surface area contributed by atoms with Crippen molar-refractivity contribution in [3.8, 4) is 55.6 Å². The molecule has 1 aliphatic rings. The molecule has 0 aliphatic heterocycles. The van der Waals surface area contributed by atoms with Gasteiger partial charge in [0.25, 0.3) is 0 Å². The van der Waals surface area contributed by atoms with Gasteiger partial charge in [-0.15, -0.1) is 0 Å². The van der Waals surface area contributed by atoms with E-state index in [0.717, 1.165) is 0 Å². The SMILES string of the molecule is c1ccc(-c2ccc3c(-c4ccc5ccccc5c4)c4cc5c(cc4c(-c4ccc6ccccc6c4)c3c2)-c2cc3ccccc3c3cccc-5c23)cc1. The molecule has 0 atom stereocenters. The van der Waals surface area contributed by atoms with Gasteiger partial charge in [-0.25, -0.2) is 0 Å². The molecule has 1 aliphatic carbocycles. The Bertz CT molecular complexity index is 3370. The molecule has 54 heavy (non-hydrogen) atoms. The summed E-state index contributed by atoms with van der Waals surface area (Å²) in [4.78, 5) is 0. The summed E-state index contributed by atoms with van der Waals surface area (Å²) in [6.07, 6.45) is 0. The topological polar surface area (TPSA) is 0 Å². The first-order valence-electron chi connectivity index (χ1n) is 18.8. The fourth-order valence-corrected chi connectivity index (χ4v) is 9.44. The van der Waals surface area contributed by atoms with Crippen LogP contribution in [-0.2, 0) is 0 Å². The lowest BCUT2D eigenvalue weighted by atomic mass is 9.82. The highest BCUT2D eigenvalue weighted by Crippen LogP contribution is 2.54. The fourth-order valence-electron chi connectivity index (χ4n) is 9.44. The number of rotatable bonds is 3. The number of fused-ring (bicyclic) bond motifs is 9. The maximum atomic E-state index is 2.53. The predicted molar refractivity (Wildman–Crippen MR) is 232 cm³/mol. The Morgan fingerprint density at radius 3 is 1.44 bits per heavy atom. The van der Waals surface area contributed by atoms with Gasteiger partial charge in [0.2, 0.25) is 0 Å². The van der Waals surface area contributed by atoms with Gasteiger partial charge in [0.1, 0.15) is 0 Å². The average Bonchev–Trinajstić information content (AvgIpc) is 3.54. The van der Waals surface area contributed by atoms with E-state index < -0.39 is 0 Å². The molecule has 0 spiro atoms. The zero-order chi connectivity index (χ0) is 35.3. The van der Waals surface area contributed by atoms with Crippen LogP contribution in [0.4, 0.5) is 0 Å². The van der Waals surface area contributed by atoms with E-state index in [9.17, 15) is 0 Å². The Labute approximate surface area is 313 Å². The lowest BCUT2D eigenvalue weighted by Crippen LogP contribution is -1.93. The second-order valence-corrected chi connectivity index (χ2v) is 14.8. The van der Waals surface area contributed by atoms with Crippen molar-refractivity contribution >= 4 is 64.6 Å². The quantitative estimate of drug-likeness (QED) is 0.129. The van der Waals surface area contributed by atoms with E-state index in [0.29, 0.717) is 0 Å². The van der Waals surface area contributed by atoms with E-state index in [-0.39, 0.29) is 0 Å². The Kier molecular flexibility index (Phi) is 6.15. The van der Waals surface area contributed by atoms with Gasteiger partial charge >= 0.3 is 0 Å². The maximum absolute atomic E-state index is 2.53. The molecule has 0 heteroatoms. The molecule has 0 nitrogen and oxygen atoms in total. The zero-order valence-electron chi connectivity index (χ0n) is 29.5. The van der Waals surface area contributed by atoms with Crippen molar-refractivity contribution in [2.24, 2.45) is 0 Å². The van der Waals surface area contributed by atoms with Gasteiger partial charge in [0.05, 0.1) is 0 Å². The molecular weight excluding hydrogens is 649 g/mol. The van der Waals surface area contributed by atoms with Crippen molar-refractivity contribution in [2.75, 3.05) is 0 Å². The molecule has 0 unspecified atom stereocenters. The smallest absolute Gasteiger partial charge is 0.00199 e. The summed E-state index contributed by atoms with van der Waals surface area (Å²) in [5.74, 6) is 0. The van der Waals surface area contributed by atoms with E-state index in [2.05, 4.69) is 194 Å². The van der Waals surface area contributed by atoms with Crippen LogP contribution in [0.3, 0.4) is 0 Å². The van der Waals surface area contributed by atoms with Gasteiger partial charge in [-0.3, -0.25) is 0 Å². The van der Waals surface area contributed by atoms with Crippen LogP contribution < -0.4 is 0 Å². The van der Waals surface area contributed by atoms with Crippen molar-refractivity contribution in [3.05, 3.63) is 194 Å². The summed E-state index contributed by atoms with van der Waals surface area (Å²) in [5, 5.41) is 15.4. The molecule has 248 valence electrons. The van der Waals surface area contributed by atoms with Gasteiger partial charge in [-0.05, 0) is 157 Å². The summed E-state index contributed by atoms with van der Waals surface area (Å²) < 4.78 is 0. The number of hydrogen-bond acceptors (Lipinski definition) is 0. The van der Waals surface area contributed by atoms with Crippen LogP contribution in [-0.4, -0.2) is 0 Å². The summed E-state index contributed by atoms with van der Waals surface area (Å²) in [7, 11) is 0. The van der Waals surface area contributed by atoms with Crippen molar-refractivity contribution in [2.45, 2.75) is 0 Å². The second-order valence-electron chi connectivity index (χ2n) is 14.8. The Morgan fingerprint density at radius 2 is 0.741 bits per heavy atom. The molecule has 12 rings (SSSR count). The first kappa shape index (κ1) is 29.5. The standard InChI is InChI=1S/C54H32/c1-2-11-33(12-3-1)38-25-26-45-48(29-38)53(41-24-22-35-14-5-7-16-37(35)28-41)51-32-47-46(31-50(51)52(45)40-23-21-34-13-4-6-15-36(34)27-40)44-20-10-19-43-42-18-9-8-17-39(42)30-49(47)54(43)44/h1-32H. The Hall–Kier alpha value is -7.02. The minimum atomic E-state index is 1.22. The second kappa shape index (κ2) is 11.2. The van der Waals surface area contributed by atoms with Crippen molar-refractivity contribution < 1.29 is 0 Å². The molecule has 0 heterocycles. The first-order chi connectivity index (χ1) is 26.8. The molecule has 0 radical (unpaired) electrons. The van der Waals surface area contributed by atoms with E-state index >= 15 is 0 Å². The van der Waals surface area contributed by atoms with Gasteiger partial charge < -0.3 is 0 Å². The molecule has 0 saturated carbocycles. The third-order valence-electron chi connectivity index (χ3n) is 11.9. The normalized spacial score (nSPS) is 12.1. The highest BCUT2D eigenvalue weighted by molar-refractivity contribution is 6.28. The molecule has 0 fully saturated rings. The van der Waals surface area contributed by atoms with Gasteiger partial charge in [-0.2, -0.15) is 0 Å². The Morgan fingerprint density at radius 1 is 0.204 bits per heavy atom. The molecule has 0 aromatic heterocycles. The van der Waals surface area contributed by atoms with Crippen molar-refractivity contribution in [3.63, 3.8) is 0 Å². The zero-order valence-corrected chi connectivity index (χ0v) is 29.5. The van der Waals surface area contributed by atoms with Gasteiger partial charge in [-0.1, -0.05) is 158 Å². The largest absolute Gasteiger partial charge is 0.0622 e. The van der Waals surface area contributed by atoms with Crippen LogP contribution in [0.25, 0.3) is 120 Å². The third kappa shape index (κ3) is 4.26. The minimum absolute atomic E-state index is 1.22. The van der Waals surface area contributed by atoms with E-state index in [1.807, 2.05) is 0 Å². The highest BCUT2D eigenvalue weighted by atomic mass is 14.3. The van der Waals surface area contributed by atoms with Gasteiger partial charge in [0, 0.05) is 0 Å². The number of hydrogen-bond donors (Lipinski definition) is 0. The van der Waals surface area contributed by atoms with Crippen molar-refractivity contribution in [1.29, 1.82) is 0 Å². The van der Waals surface area contributed by atoms with Crippen LogP contribution in [0.15, 0.2) is 194 Å². The van der Waals surface area contributed by atoms with Crippen LogP contribution >= 0.6 is 0 Å². The molecule has 11 aromatic carbocycles. The molecule has 0 amide bonds. The van der Waals surface area contributed by atoms with Crippen LogP contribution in [0.5, 0.6) is 0 Å². The van der Waals surface area contributed by atoms with E-state index in [1.165, 1.54) is 120 Å². The number of benzene rings is 11. The summed E-state index contributed by atoms with van der Waals surface area (Å²) >= 11 is 0. The lowest BCUT2D eigenvalue weighted by molar-refractivity contribution is 1.64.